The Bertz CT molecular complexity index is 3010. The molecule has 6 heterocycles. The summed E-state index contributed by atoms with van der Waals surface area (Å²) in [6.45, 7) is 0.0971. The van der Waals surface area contributed by atoms with E-state index in [-0.39, 0.29) is 24.5 Å². The van der Waals surface area contributed by atoms with E-state index in [1.165, 1.54) is 21.5 Å². The molecule has 0 saturated heterocycles. The van der Waals surface area contributed by atoms with Gasteiger partial charge in [0, 0.05) is 87.1 Å². The predicted molar refractivity (Wildman–Crippen MR) is 228 cm³/mol. The number of amides is 4. The zero-order valence-corrected chi connectivity index (χ0v) is 35.3. The lowest BCUT2D eigenvalue weighted by atomic mass is 9.97. The maximum Gasteiger partial charge on any atom is 0.274 e. The highest BCUT2D eigenvalue weighted by molar-refractivity contribution is 6.00. The van der Waals surface area contributed by atoms with Crippen molar-refractivity contribution in [3.8, 4) is 11.5 Å². The molecule has 4 N–H and O–H groups in total. The minimum absolute atomic E-state index is 0.217. The van der Waals surface area contributed by atoms with Gasteiger partial charge in [0.2, 0.25) is 10.9 Å². The number of hydrogen-bond acceptors (Lipinski definition) is 8. The summed E-state index contributed by atoms with van der Waals surface area (Å²) in [6.07, 6.45) is 3.57. The Hall–Kier alpha value is -8.16. The summed E-state index contributed by atoms with van der Waals surface area (Å²) >= 11 is 0. The van der Waals surface area contributed by atoms with Crippen LogP contribution in [-0.4, -0.2) is 79.0 Å². The zero-order chi connectivity index (χ0) is 48.3. The third-order valence-corrected chi connectivity index (χ3v) is 12.5. The van der Waals surface area contributed by atoms with E-state index >= 15 is 0 Å². The summed E-state index contributed by atoms with van der Waals surface area (Å²) in [7, 11) is 0. The molecule has 4 aliphatic heterocycles. The minimum Gasteiger partial charge on any atom is -0.503 e. The molecule has 6 aromatic rings. The van der Waals surface area contributed by atoms with E-state index in [4.69, 9.17) is 0 Å². The molecule has 0 unspecified atom stereocenters. The van der Waals surface area contributed by atoms with Gasteiger partial charge >= 0.3 is 0 Å². The quantitative estimate of drug-likeness (QED) is 0.168. The molecular weight excluding hydrogens is 903 g/mol. The predicted octanol–water partition coefficient (Wildman–Crippen LogP) is 5.01. The third-order valence-electron chi connectivity index (χ3n) is 12.5. The normalized spacial score (nSPS) is 16.5. The fourth-order valence-corrected chi connectivity index (χ4v) is 9.11. The Labute approximate surface area is 380 Å². The molecule has 4 amide bonds. The highest BCUT2D eigenvalue weighted by Crippen LogP contribution is 2.36. The second kappa shape index (κ2) is 17.6. The number of carbonyl (C=O) groups excluding carboxylic acids is 4. The molecule has 0 radical (unpaired) electrons. The number of nitrogens with zero attached hydrogens (tertiary/aromatic N) is 4. The van der Waals surface area contributed by atoms with Crippen molar-refractivity contribution >= 4 is 23.6 Å². The maximum absolute atomic E-state index is 13.9. The molecule has 0 saturated carbocycles. The molecule has 14 nitrogen and oxygen atoms in total. The number of pyridine rings is 2. The van der Waals surface area contributed by atoms with Gasteiger partial charge in [-0.05, 0) is 35.1 Å². The van der Waals surface area contributed by atoms with E-state index in [9.17, 15) is 65.3 Å². The largest absolute Gasteiger partial charge is 0.503 e. The fraction of sp³-hybridized carbons (Fsp3) is 0.208. The van der Waals surface area contributed by atoms with E-state index in [1.54, 1.807) is 9.80 Å². The van der Waals surface area contributed by atoms with Crippen LogP contribution in [0.3, 0.4) is 0 Å². The summed E-state index contributed by atoms with van der Waals surface area (Å²) in [5, 5.41) is 25.7. The molecule has 2 atom stereocenters. The van der Waals surface area contributed by atoms with Gasteiger partial charge in [0.05, 0.1) is 12.1 Å². The number of aromatic nitrogens is 2. The topological polar surface area (TPSA) is 183 Å². The van der Waals surface area contributed by atoms with E-state index in [1.807, 2.05) is 48.5 Å². The van der Waals surface area contributed by atoms with E-state index in [2.05, 4.69) is 10.6 Å². The van der Waals surface area contributed by atoms with Crippen LogP contribution in [0.4, 0.5) is 26.3 Å². The Morgan fingerprint density at radius 3 is 1.28 bits per heavy atom. The van der Waals surface area contributed by atoms with Crippen molar-refractivity contribution < 1.29 is 55.7 Å². The molecule has 0 aliphatic carbocycles. The van der Waals surface area contributed by atoms with Crippen molar-refractivity contribution in [1.29, 1.82) is 0 Å². The van der Waals surface area contributed by atoms with Gasteiger partial charge in [-0.3, -0.25) is 28.8 Å². The van der Waals surface area contributed by atoms with Crippen molar-refractivity contribution in [2.45, 2.75) is 38.0 Å². The average Bonchev–Trinajstić information content (AvgIpc) is 3.59. The Morgan fingerprint density at radius 2 is 0.912 bits per heavy atom. The molecule has 68 heavy (non-hydrogen) atoms. The number of rotatable bonds is 6. The number of aromatic hydroxyl groups is 2. The Balaban J connectivity index is 0.000000170. The molecule has 20 heteroatoms. The number of halogens is 6. The van der Waals surface area contributed by atoms with Crippen molar-refractivity contribution in [3.63, 3.8) is 0 Å². The molecule has 4 aliphatic rings. The molecule has 2 aromatic heterocycles. The van der Waals surface area contributed by atoms with Gasteiger partial charge in [0.25, 0.3) is 23.6 Å². The second-order valence-electron chi connectivity index (χ2n) is 16.4. The van der Waals surface area contributed by atoms with Gasteiger partial charge in [-0.2, -0.15) is 0 Å². The Kier molecular flexibility index (Phi) is 11.6. The smallest absolute Gasteiger partial charge is 0.274 e. The first-order chi connectivity index (χ1) is 32.5. The second-order valence-corrected chi connectivity index (χ2v) is 16.4. The van der Waals surface area contributed by atoms with Gasteiger partial charge in [0.1, 0.15) is 46.0 Å². The van der Waals surface area contributed by atoms with E-state index in [0.29, 0.717) is 50.2 Å². The molecular formula is C48H36F6N6O8. The molecule has 348 valence electrons. The van der Waals surface area contributed by atoms with E-state index < -0.39 is 128 Å². The summed E-state index contributed by atoms with van der Waals surface area (Å²) in [5.74, 6) is -11.8. The molecule has 4 bridgehead atoms. The van der Waals surface area contributed by atoms with Gasteiger partial charge < -0.3 is 39.8 Å². The highest BCUT2D eigenvalue weighted by Gasteiger charge is 2.40. The Morgan fingerprint density at radius 1 is 0.559 bits per heavy atom. The van der Waals surface area contributed by atoms with Crippen LogP contribution < -0.4 is 21.5 Å². The first-order valence-electron chi connectivity index (χ1n) is 21.1. The first-order valence-corrected chi connectivity index (χ1v) is 21.1. The number of benzene rings is 4. The highest BCUT2D eigenvalue weighted by atomic mass is 19.2. The average molecular weight is 939 g/mol. The van der Waals surface area contributed by atoms with Gasteiger partial charge in [0.15, 0.2) is 22.9 Å². The van der Waals surface area contributed by atoms with Crippen LogP contribution in [0.1, 0.15) is 87.2 Å². The number of hydrogen-bond donors (Lipinski definition) is 4. The van der Waals surface area contributed by atoms with Crippen LogP contribution in [0.15, 0.2) is 94.8 Å². The SMILES string of the molecule is O=C(NCc1c(F)cc(F)cc1F)c1cn2c(c(O)c1=O)C(=O)N1CCc3ccccc3[C@@H]2C1.O=C(NCc1c(F)cc(F)cc1F)c1cn2c(c(O)c1=O)C(=O)N1CCc3ccccc3[C@H]2C1. The standard InChI is InChI=1S/2C24H18F3N3O4/c2*25-13-7-17(26)15(18(27)8-13)9-28-23(33)16-10-30-19-11-29(24(34)20(30)22(32)21(16)31)6-5-12-3-1-2-4-14(12)19/h2*1-4,7-8,10,19,32H,5-6,9,11H2,(H,28,33)/t2*19-/m10/s1. The van der Waals surface area contributed by atoms with Gasteiger partial charge in [-0.15, -0.1) is 0 Å². The fourth-order valence-electron chi connectivity index (χ4n) is 9.11. The number of nitrogens with one attached hydrogen (secondary N) is 2. The lowest BCUT2D eigenvalue weighted by molar-refractivity contribution is 0.0679. The lowest BCUT2D eigenvalue weighted by Crippen LogP contribution is -2.45. The minimum atomic E-state index is -1.19. The molecule has 10 rings (SSSR count). The van der Waals surface area contributed by atoms with Crippen LogP contribution in [0.5, 0.6) is 11.5 Å². The first kappa shape index (κ1) is 45.0. The summed E-state index contributed by atoms with van der Waals surface area (Å²) in [5.41, 5.74) is -0.956. The molecule has 0 spiro atoms. The number of carbonyl (C=O) groups is 4. The monoisotopic (exact) mass is 938 g/mol. The van der Waals surface area contributed by atoms with Crippen molar-refractivity contribution in [2.75, 3.05) is 26.2 Å². The molecule has 0 fully saturated rings. The van der Waals surface area contributed by atoms with E-state index in [0.717, 1.165) is 22.3 Å². The van der Waals surface area contributed by atoms with Crippen LogP contribution in [0, 0.1) is 34.9 Å². The number of fused-ring (bicyclic) bond motifs is 12. The van der Waals surface area contributed by atoms with Crippen LogP contribution in [0.2, 0.25) is 0 Å². The molecule has 4 aromatic carbocycles. The summed E-state index contributed by atoms with van der Waals surface area (Å²) in [6, 6.07) is 16.1. The zero-order valence-electron chi connectivity index (χ0n) is 35.3. The van der Waals surface area contributed by atoms with Crippen LogP contribution >= 0.6 is 0 Å². The van der Waals surface area contributed by atoms with Gasteiger partial charge in [-0.25, -0.2) is 26.3 Å². The third kappa shape index (κ3) is 7.90. The lowest BCUT2D eigenvalue weighted by Gasteiger charge is -2.35. The summed E-state index contributed by atoms with van der Waals surface area (Å²) in [4.78, 5) is 80.2. The summed E-state index contributed by atoms with van der Waals surface area (Å²) < 4.78 is 84.7. The van der Waals surface area contributed by atoms with Crippen molar-refractivity contribution in [3.05, 3.63) is 196 Å². The van der Waals surface area contributed by atoms with Gasteiger partial charge in [-0.1, -0.05) is 48.5 Å². The van der Waals surface area contributed by atoms with Crippen LogP contribution in [0.25, 0.3) is 0 Å². The van der Waals surface area contributed by atoms with Crippen molar-refractivity contribution in [2.24, 2.45) is 0 Å². The van der Waals surface area contributed by atoms with Crippen LogP contribution in [-0.2, 0) is 25.9 Å². The van der Waals surface area contributed by atoms with Crippen molar-refractivity contribution in [1.82, 2.24) is 29.6 Å². The maximum atomic E-state index is 13.9.